The van der Waals surface area contributed by atoms with Crippen LogP contribution in [0.1, 0.15) is 11.1 Å². The van der Waals surface area contributed by atoms with Crippen molar-refractivity contribution in [2.24, 2.45) is 0 Å². The van der Waals surface area contributed by atoms with Crippen LogP contribution in [-0.2, 0) is 11.4 Å². The zero-order valence-electron chi connectivity index (χ0n) is 12.5. The Morgan fingerprint density at radius 3 is 2.57 bits per heavy atom. The first-order valence-electron chi connectivity index (χ1n) is 7.33. The first-order valence-corrected chi connectivity index (χ1v) is 7.33. The Labute approximate surface area is 134 Å². The predicted octanol–water partition coefficient (Wildman–Crippen LogP) is 4.52. The van der Waals surface area contributed by atoms with E-state index >= 15 is 0 Å². The molecule has 3 aromatic carbocycles. The van der Waals surface area contributed by atoms with Crippen LogP contribution in [0.3, 0.4) is 0 Å². The predicted molar refractivity (Wildman–Crippen MR) is 91.4 cm³/mol. The maximum absolute atomic E-state index is 10.7. The van der Waals surface area contributed by atoms with Gasteiger partial charge in [0.2, 0.25) is 0 Å². The highest BCUT2D eigenvalue weighted by Gasteiger charge is 2.04. The molecule has 0 aliphatic heterocycles. The Kier molecular flexibility index (Phi) is 4.39. The molecule has 0 aliphatic carbocycles. The number of hydrogen-bond acceptors (Lipinski definition) is 2. The minimum absolute atomic E-state index is 0.430. The molecule has 114 valence electrons. The van der Waals surface area contributed by atoms with Crippen LogP contribution in [0.25, 0.3) is 16.8 Å². The Hall–Kier alpha value is -3.07. The summed E-state index contributed by atoms with van der Waals surface area (Å²) in [5, 5.41) is 11.1. The van der Waals surface area contributed by atoms with Gasteiger partial charge in [0.25, 0.3) is 0 Å². The molecule has 3 aromatic rings. The van der Waals surface area contributed by atoms with E-state index in [-0.39, 0.29) is 0 Å². The standard InChI is InChI=1S/C20H16O3/c21-20(22)13-12-16-7-2-4-11-19(16)23-14-17-9-5-8-15-6-1-3-10-18(15)17/h1-13H,14H2,(H,21,22)/b13-12+. The molecule has 0 bridgehead atoms. The average molecular weight is 304 g/mol. The molecule has 0 amide bonds. The monoisotopic (exact) mass is 304 g/mol. The molecule has 0 unspecified atom stereocenters. The fraction of sp³-hybridized carbons (Fsp3) is 0.0500. The minimum Gasteiger partial charge on any atom is -0.488 e. The lowest BCUT2D eigenvalue weighted by Gasteiger charge is -2.11. The van der Waals surface area contributed by atoms with Crippen LogP contribution in [-0.4, -0.2) is 11.1 Å². The van der Waals surface area contributed by atoms with Crippen molar-refractivity contribution in [1.29, 1.82) is 0 Å². The summed E-state index contributed by atoms with van der Waals surface area (Å²) in [6.45, 7) is 0.430. The zero-order valence-corrected chi connectivity index (χ0v) is 12.5. The van der Waals surface area contributed by atoms with Gasteiger partial charge in [-0.05, 0) is 28.5 Å². The van der Waals surface area contributed by atoms with Gasteiger partial charge in [-0.15, -0.1) is 0 Å². The molecule has 1 N–H and O–H groups in total. The largest absolute Gasteiger partial charge is 0.488 e. The SMILES string of the molecule is O=C(O)/C=C/c1ccccc1OCc1cccc2ccccc12. The first-order chi connectivity index (χ1) is 11.2. The van der Waals surface area contributed by atoms with Crippen LogP contribution in [0.4, 0.5) is 0 Å². The van der Waals surface area contributed by atoms with Crippen LogP contribution in [0.2, 0.25) is 0 Å². The van der Waals surface area contributed by atoms with E-state index in [1.165, 1.54) is 5.39 Å². The van der Waals surface area contributed by atoms with Gasteiger partial charge in [-0.1, -0.05) is 60.7 Å². The maximum atomic E-state index is 10.7. The first kappa shape index (κ1) is 14.9. The lowest BCUT2D eigenvalue weighted by atomic mass is 10.1. The van der Waals surface area contributed by atoms with Gasteiger partial charge in [0.1, 0.15) is 12.4 Å². The van der Waals surface area contributed by atoms with Gasteiger partial charge >= 0.3 is 5.97 Å². The molecule has 0 radical (unpaired) electrons. The van der Waals surface area contributed by atoms with Crippen molar-refractivity contribution in [1.82, 2.24) is 0 Å². The van der Waals surface area contributed by atoms with Crippen LogP contribution in [0.15, 0.2) is 72.8 Å². The lowest BCUT2D eigenvalue weighted by Crippen LogP contribution is -1.98. The fourth-order valence-electron chi connectivity index (χ4n) is 2.48. The Morgan fingerprint density at radius 1 is 0.957 bits per heavy atom. The second kappa shape index (κ2) is 6.79. The molecule has 3 rings (SSSR count). The molecule has 3 heteroatoms. The van der Waals surface area contributed by atoms with Gasteiger partial charge in [0.15, 0.2) is 0 Å². The van der Waals surface area contributed by atoms with E-state index in [0.29, 0.717) is 12.4 Å². The smallest absolute Gasteiger partial charge is 0.328 e. The number of para-hydroxylation sites is 1. The third-order valence-corrected chi connectivity index (χ3v) is 3.59. The highest BCUT2D eigenvalue weighted by molar-refractivity contribution is 5.86. The number of ether oxygens (including phenoxy) is 1. The van der Waals surface area contributed by atoms with Crippen LogP contribution in [0, 0.1) is 0 Å². The minimum atomic E-state index is -0.978. The highest BCUT2D eigenvalue weighted by Crippen LogP contribution is 2.23. The third-order valence-electron chi connectivity index (χ3n) is 3.59. The molecular weight excluding hydrogens is 288 g/mol. The summed E-state index contributed by atoms with van der Waals surface area (Å²) in [7, 11) is 0. The van der Waals surface area contributed by atoms with Crippen LogP contribution >= 0.6 is 0 Å². The molecule has 3 nitrogen and oxygen atoms in total. The molecule has 0 spiro atoms. The molecule has 0 aliphatic rings. The van der Waals surface area contributed by atoms with Crippen molar-refractivity contribution in [3.8, 4) is 5.75 Å². The maximum Gasteiger partial charge on any atom is 0.328 e. The van der Waals surface area contributed by atoms with Crippen molar-refractivity contribution in [3.63, 3.8) is 0 Å². The lowest BCUT2D eigenvalue weighted by molar-refractivity contribution is -0.131. The van der Waals surface area contributed by atoms with Crippen molar-refractivity contribution < 1.29 is 14.6 Å². The normalized spacial score (nSPS) is 11.0. The molecule has 0 atom stereocenters. The summed E-state index contributed by atoms with van der Waals surface area (Å²) in [5.74, 6) is -0.313. The summed E-state index contributed by atoms with van der Waals surface area (Å²) in [6, 6.07) is 21.7. The number of carbonyl (C=O) groups is 1. The molecule has 23 heavy (non-hydrogen) atoms. The molecule has 0 saturated carbocycles. The number of aliphatic carboxylic acids is 1. The van der Waals surface area contributed by atoms with Gasteiger partial charge < -0.3 is 9.84 Å². The molecule has 0 fully saturated rings. The van der Waals surface area contributed by atoms with Gasteiger partial charge in [0, 0.05) is 11.6 Å². The zero-order chi connectivity index (χ0) is 16.1. The average Bonchev–Trinajstić information content (AvgIpc) is 2.58. The second-order valence-electron chi connectivity index (χ2n) is 5.14. The summed E-state index contributed by atoms with van der Waals surface area (Å²) in [5.41, 5.74) is 1.84. The van der Waals surface area contributed by atoms with Crippen LogP contribution < -0.4 is 4.74 Å². The number of fused-ring (bicyclic) bond motifs is 1. The summed E-state index contributed by atoms with van der Waals surface area (Å²) in [4.78, 5) is 10.7. The van der Waals surface area contributed by atoms with Crippen molar-refractivity contribution in [2.75, 3.05) is 0 Å². The van der Waals surface area contributed by atoms with Crippen molar-refractivity contribution in [2.45, 2.75) is 6.61 Å². The van der Waals surface area contributed by atoms with E-state index in [0.717, 1.165) is 22.6 Å². The quantitative estimate of drug-likeness (QED) is 0.705. The van der Waals surface area contributed by atoms with Gasteiger partial charge in [0.05, 0.1) is 0 Å². The number of carboxylic acids is 1. The van der Waals surface area contributed by atoms with Crippen LogP contribution in [0.5, 0.6) is 5.75 Å². The van der Waals surface area contributed by atoms with Crippen molar-refractivity contribution >= 4 is 22.8 Å². The van der Waals surface area contributed by atoms with E-state index in [2.05, 4.69) is 18.2 Å². The Morgan fingerprint density at radius 2 is 1.70 bits per heavy atom. The Bertz CT molecular complexity index is 860. The van der Waals surface area contributed by atoms with E-state index in [1.807, 2.05) is 48.5 Å². The topological polar surface area (TPSA) is 46.5 Å². The second-order valence-corrected chi connectivity index (χ2v) is 5.14. The molecule has 0 heterocycles. The van der Waals surface area contributed by atoms with E-state index < -0.39 is 5.97 Å². The van der Waals surface area contributed by atoms with Gasteiger partial charge in [-0.2, -0.15) is 0 Å². The highest BCUT2D eigenvalue weighted by atomic mass is 16.5. The number of carboxylic acid groups (broad SMARTS) is 1. The number of rotatable bonds is 5. The third kappa shape index (κ3) is 3.58. The molecular formula is C20H16O3. The summed E-state index contributed by atoms with van der Waals surface area (Å²) < 4.78 is 5.92. The summed E-state index contributed by atoms with van der Waals surface area (Å²) in [6.07, 6.45) is 2.65. The fourth-order valence-corrected chi connectivity index (χ4v) is 2.48. The molecule has 0 saturated heterocycles. The van der Waals surface area contributed by atoms with Crippen molar-refractivity contribution in [3.05, 3.63) is 83.9 Å². The molecule has 0 aromatic heterocycles. The van der Waals surface area contributed by atoms with E-state index in [1.54, 1.807) is 6.08 Å². The van der Waals surface area contributed by atoms with E-state index in [4.69, 9.17) is 9.84 Å². The van der Waals surface area contributed by atoms with Gasteiger partial charge in [-0.3, -0.25) is 0 Å². The van der Waals surface area contributed by atoms with E-state index in [9.17, 15) is 4.79 Å². The number of benzene rings is 3. The number of hydrogen-bond donors (Lipinski definition) is 1. The van der Waals surface area contributed by atoms with Gasteiger partial charge in [-0.25, -0.2) is 4.79 Å². The Balaban J connectivity index is 1.84. The summed E-state index contributed by atoms with van der Waals surface area (Å²) >= 11 is 0.